The number of hydrogen-bond acceptors (Lipinski definition) is 3. The number of aromatic amines is 2. The molecule has 9 aromatic rings. The minimum absolute atomic E-state index is 0.833. The van der Waals surface area contributed by atoms with Crippen LogP contribution in [0.5, 0.6) is 0 Å². The van der Waals surface area contributed by atoms with Crippen LogP contribution in [0.25, 0.3) is 87.1 Å². The summed E-state index contributed by atoms with van der Waals surface area (Å²) in [5, 5.41) is 4.77. The van der Waals surface area contributed by atoms with Crippen LogP contribution in [-0.2, 0) is 13.3 Å². The smallest absolute Gasteiger partial charge is 0.337 e. The first kappa shape index (κ1) is 20.6. The highest BCUT2D eigenvalue weighted by Gasteiger charge is 2.35. The summed E-state index contributed by atoms with van der Waals surface area (Å²) in [6.45, 7) is 1.67. The zero-order valence-electron chi connectivity index (χ0n) is 21.6. The Morgan fingerprint density at radius 2 is 0.902 bits per heavy atom. The standard InChI is InChI=1S/C32H18N8S/c1-5-17-23-24(18-6-2-12-38-15-37(11-1)27(17)28(18)38)34-31(33-23)21-9-10-22(41-21)32-35-25-19-7-3-13-39-16-40-14-4-8-20(26(25)36-32)30(40)29(19)39/h1-14H,15-16H2/q+2/p+2. The quantitative estimate of drug-likeness (QED) is 0.251. The summed E-state index contributed by atoms with van der Waals surface area (Å²) in [6.07, 6.45) is 8.62. The molecule has 2 aliphatic heterocycles. The van der Waals surface area contributed by atoms with Crippen LogP contribution in [0, 0.1) is 0 Å². The van der Waals surface area contributed by atoms with Gasteiger partial charge in [0, 0.05) is 24.3 Å². The summed E-state index contributed by atoms with van der Waals surface area (Å²) in [5.41, 5.74) is 9.23. The van der Waals surface area contributed by atoms with E-state index >= 15 is 0 Å². The molecule has 2 aromatic carbocycles. The van der Waals surface area contributed by atoms with Gasteiger partial charge in [0.2, 0.25) is 0 Å². The maximum absolute atomic E-state index is 5.17. The number of H-pyrrole nitrogens is 2. The van der Waals surface area contributed by atoms with Crippen LogP contribution in [-0.4, -0.2) is 19.9 Å². The van der Waals surface area contributed by atoms with Crippen molar-refractivity contribution in [2.45, 2.75) is 13.3 Å². The lowest BCUT2D eigenvalue weighted by Gasteiger charge is -1.95. The summed E-state index contributed by atoms with van der Waals surface area (Å²) >= 11 is 1.71. The van der Waals surface area contributed by atoms with Gasteiger partial charge in [-0.15, -0.1) is 29.6 Å². The van der Waals surface area contributed by atoms with Gasteiger partial charge in [0.05, 0.1) is 42.3 Å². The van der Waals surface area contributed by atoms with E-state index in [1.54, 1.807) is 11.3 Å². The number of nitrogens with zero attached hydrogens (tertiary/aromatic N) is 6. The van der Waals surface area contributed by atoms with Gasteiger partial charge >= 0.3 is 13.3 Å². The number of hydrogen-bond donors (Lipinski definition) is 2. The first-order valence-corrected chi connectivity index (χ1v) is 14.5. The van der Waals surface area contributed by atoms with Gasteiger partial charge in [0.25, 0.3) is 22.1 Å². The second-order valence-electron chi connectivity index (χ2n) is 11.0. The van der Waals surface area contributed by atoms with Crippen LogP contribution in [0.1, 0.15) is 0 Å². The Bertz CT molecular complexity index is 2320. The van der Waals surface area contributed by atoms with Crippen molar-refractivity contribution < 1.29 is 18.3 Å². The summed E-state index contributed by atoms with van der Waals surface area (Å²) in [6, 6.07) is 21.6. The van der Waals surface area contributed by atoms with Crippen molar-refractivity contribution >= 4 is 77.0 Å². The molecule has 41 heavy (non-hydrogen) atoms. The highest BCUT2D eigenvalue weighted by Crippen LogP contribution is 2.39. The van der Waals surface area contributed by atoms with E-state index in [1.807, 2.05) is 0 Å². The number of aromatic nitrogens is 8. The molecule has 0 spiro atoms. The molecule has 8 nitrogen and oxygen atoms in total. The van der Waals surface area contributed by atoms with Crippen LogP contribution in [0.2, 0.25) is 0 Å². The molecule has 2 N–H and O–H groups in total. The molecule has 9 heterocycles. The summed E-state index contributed by atoms with van der Waals surface area (Å²) in [7, 11) is 0. The van der Waals surface area contributed by atoms with E-state index in [1.165, 1.54) is 43.6 Å². The molecule has 0 saturated heterocycles. The molecule has 0 aliphatic carbocycles. The molecule has 0 amide bonds. The van der Waals surface area contributed by atoms with E-state index < -0.39 is 0 Å². The minimum Gasteiger partial charge on any atom is -0.337 e. The third kappa shape index (κ3) is 2.43. The molecule has 0 saturated carbocycles. The van der Waals surface area contributed by atoms with Gasteiger partial charge in [0.1, 0.15) is 22.7 Å². The van der Waals surface area contributed by atoms with Crippen LogP contribution >= 0.6 is 11.3 Å². The summed E-state index contributed by atoms with van der Waals surface area (Å²) in [4.78, 5) is 19.9. The van der Waals surface area contributed by atoms with E-state index in [-0.39, 0.29) is 0 Å². The largest absolute Gasteiger partial charge is 0.345 e. The van der Waals surface area contributed by atoms with Gasteiger partial charge in [-0.2, -0.15) is 0 Å². The third-order valence-electron chi connectivity index (χ3n) is 8.87. The molecule has 0 radical (unpaired) electrons. The van der Waals surface area contributed by atoms with E-state index in [2.05, 4.69) is 114 Å². The SMILES string of the molecule is c1cc2c3nc(-c4ccc(-c5nc6c7ccc[n+]8c7c7c(ccc[n+]7C8)c6[nH]5)s4)[nH]c3c3ccc[n+]4c3c2[n+](c1)C4. The lowest BCUT2D eigenvalue weighted by atomic mass is 10.1. The topological polar surface area (TPSA) is 72.9 Å². The molecule has 0 unspecified atom stereocenters. The normalized spacial score (nSPS) is 13.7. The fourth-order valence-electron chi connectivity index (χ4n) is 7.20. The zero-order valence-corrected chi connectivity index (χ0v) is 22.4. The number of thiophene rings is 1. The van der Waals surface area contributed by atoms with E-state index in [9.17, 15) is 0 Å². The maximum atomic E-state index is 5.17. The van der Waals surface area contributed by atoms with Gasteiger partial charge in [-0.3, -0.25) is 0 Å². The molecule has 190 valence electrons. The van der Waals surface area contributed by atoms with Crippen LogP contribution in [0.15, 0.2) is 85.5 Å². The molecule has 2 aliphatic rings. The Kier molecular flexibility index (Phi) is 3.46. The first-order chi connectivity index (χ1) is 20.3. The summed E-state index contributed by atoms with van der Waals surface area (Å²) < 4.78 is 9.26. The Balaban J connectivity index is 1.12. The zero-order chi connectivity index (χ0) is 26.4. The molecule has 0 fully saturated rings. The molecular formula is C32H20N8S+4. The van der Waals surface area contributed by atoms with Crippen LogP contribution < -0.4 is 18.3 Å². The average molecular weight is 549 g/mol. The van der Waals surface area contributed by atoms with Crippen molar-refractivity contribution in [3.63, 3.8) is 0 Å². The van der Waals surface area contributed by atoms with Crippen LogP contribution in [0.4, 0.5) is 0 Å². The fourth-order valence-corrected chi connectivity index (χ4v) is 8.09. The lowest BCUT2D eigenvalue weighted by molar-refractivity contribution is -0.872. The number of nitrogens with one attached hydrogen (secondary N) is 2. The molecule has 0 bridgehead atoms. The van der Waals surface area contributed by atoms with E-state index in [0.717, 1.165) is 56.8 Å². The second kappa shape index (κ2) is 6.89. The van der Waals surface area contributed by atoms with Crippen molar-refractivity contribution in [2.75, 3.05) is 0 Å². The molecule has 11 rings (SSSR count). The monoisotopic (exact) mass is 548 g/mol. The van der Waals surface area contributed by atoms with E-state index in [4.69, 9.17) is 9.97 Å². The predicted octanol–water partition coefficient (Wildman–Crippen LogP) is 4.24. The van der Waals surface area contributed by atoms with Crippen LogP contribution in [0.3, 0.4) is 0 Å². The Labute approximate surface area is 235 Å². The number of fused-ring (bicyclic) bond motifs is 6. The van der Waals surface area contributed by atoms with Gasteiger partial charge in [-0.25, -0.2) is 9.97 Å². The van der Waals surface area contributed by atoms with E-state index in [0.29, 0.717) is 0 Å². The minimum atomic E-state index is 0.833. The number of benzene rings is 2. The molecular weight excluding hydrogens is 528 g/mol. The highest BCUT2D eigenvalue weighted by molar-refractivity contribution is 7.18. The van der Waals surface area contributed by atoms with Gasteiger partial charge < -0.3 is 9.97 Å². The van der Waals surface area contributed by atoms with Crippen molar-refractivity contribution in [1.29, 1.82) is 0 Å². The Morgan fingerprint density at radius 3 is 1.34 bits per heavy atom. The first-order valence-electron chi connectivity index (χ1n) is 13.7. The summed E-state index contributed by atoms with van der Waals surface area (Å²) in [5.74, 6) is 1.78. The second-order valence-corrected chi connectivity index (χ2v) is 12.1. The molecule has 0 atom stereocenters. The van der Waals surface area contributed by atoms with Crippen molar-refractivity contribution in [3.8, 4) is 21.4 Å². The van der Waals surface area contributed by atoms with Crippen molar-refractivity contribution in [3.05, 3.63) is 85.5 Å². The molecule has 7 aromatic heterocycles. The average Bonchev–Trinajstić information content (AvgIpc) is 3.83. The number of pyridine rings is 4. The maximum Gasteiger partial charge on any atom is 0.345 e. The van der Waals surface area contributed by atoms with Gasteiger partial charge in [-0.1, -0.05) is 0 Å². The Morgan fingerprint density at radius 1 is 0.512 bits per heavy atom. The van der Waals surface area contributed by atoms with Gasteiger partial charge in [-0.05, 0) is 36.4 Å². The molecule has 9 heteroatoms. The predicted molar refractivity (Wildman–Crippen MR) is 156 cm³/mol. The van der Waals surface area contributed by atoms with Crippen molar-refractivity contribution in [1.82, 2.24) is 19.9 Å². The fraction of sp³-hybridized carbons (Fsp3) is 0.0625. The highest BCUT2D eigenvalue weighted by atomic mass is 32.1. The third-order valence-corrected chi connectivity index (χ3v) is 9.97. The Hall–Kier alpha value is -5.28. The lowest BCUT2D eigenvalue weighted by Crippen LogP contribution is -2.45. The number of rotatable bonds is 2. The van der Waals surface area contributed by atoms with Gasteiger partial charge in [0.15, 0.2) is 24.8 Å². The number of imidazole rings is 2. The van der Waals surface area contributed by atoms with Crippen molar-refractivity contribution in [2.24, 2.45) is 0 Å².